The second-order valence-electron chi connectivity index (χ2n) is 11.6. The summed E-state index contributed by atoms with van der Waals surface area (Å²) in [5.74, 6) is 2.07. The number of carbonyl (C=O) groups excluding carboxylic acids is 1. The molecule has 4 aliphatic carbocycles. The van der Waals surface area contributed by atoms with Gasteiger partial charge < -0.3 is 5.32 Å². The van der Waals surface area contributed by atoms with E-state index in [0.717, 1.165) is 35.1 Å². The molecule has 0 spiro atoms. The van der Waals surface area contributed by atoms with E-state index in [-0.39, 0.29) is 23.4 Å². The Kier molecular flexibility index (Phi) is 5.81. The van der Waals surface area contributed by atoms with Crippen LogP contribution in [0.4, 0.5) is 23.4 Å². The van der Waals surface area contributed by atoms with E-state index < -0.39 is 17.6 Å². The first-order valence-corrected chi connectivity index (χ1v) is 12.9. The Morgan fingerprint density at radius 1 is 1.08 bits per heavy atom. The summed E-state index contributed by atoms with van der Waals surface area (Å²) < 4.78 is 52.9. The van der Waals surface area contributed by atoms with Crippen molar-refractivity contribution in [1.29, 1.82) is 0 Å². The van der Waals surface area contributed by atoms with Gasteiger partial charge in [0.2, 0.25) is 5.91 Å². The van der Waals surface area contributed by atoms with Gasteiger partial charge in [-0.05, 0) is 80.2 Å². The van der Waals surface area contributed by atoms with Crippen molar-refractivity contribution in [2.45, 2.75) is 70.6 Å². The summed E-state index contributed by atoms with van der Waals surface area (Å²) in [6.45, 7) is 1.16. The smallest absolute Gasteiger partial charge is 0.310 e. The molecule has 2 aromatic rings. The van der Waals surface area contributed by atoms with Gasteiger partial charge in [-0.25, -0.2) is 14.4 Å². The molecule has 4 bridgehead atoms. The maximum absolute atomic E-state index is 14.3. The second kappa shape index (κ2) is 8.78. The van der Waals surface area contributed by atoms with Crippen LogP contribution in [0.15, 0.2) is 24.5 Å². The van der Waals surface area contributed by atoms with Crippen LogP contribution in [-0.2, 0) is 30.5 Å². The summed E-state index contributed by atoms with van der Waals surface area (Å²) in [5.41, 5.74) is 1.02. The van der Waals surface area contributed by atoms with Crippen molar-refractivity contribution < 1.29 is 22.4 Å². The van der Waals surface area contributed by atoms with Crippen LogP contribution in [0.3, 0.4) is 0 Å². The molecule has 2 heterocycles. The summed E-state index contributed by atoms with van der Waals surface area (Å²) in [5, 5.41) is 3.06. The molecule has 192 valence electrons. The Morgan fingerprint density at radius 2 is 1.78 bits per heavy atom. The van der Waals surface area contributed by atoms with Gasteiger partial charge in [0, 0.05) is 37.2 Å². The topological polar surface area (TPSA) is 58.1 Å². The molecule has 0 saturated heterocycles. The third-order valence-corrected chi connectivity index (χ3v) is 8.82. The first-order chi connectivity index (χ1) is 17.2. The lowest BCUT2D eigenvalue weighted by atomic mass is 9.49. The number of nitrogens with one attached hydrogen (secondary N) is 1. The molecule has 1 aromatic carbocycles. The molecule has 5 nitrogen and oxygen atoms in total. The van der Waals surface area contributed by atoms with Crippen LogP contribution in [-0.4, -0.2) is 27.3 Å². The molecule has 4 saturated carbocycles. The molecule has 36 heavy (non-hydrogen) atoms. The van der Waals surface area contributed by atoms with Crippen molar-refractivity contribution in [3.05, 3.63) is 52.7 Å². The van der Waals surface area contributed by atoms with Crippen molar-refractivity contribution in [2.24, 2.45) is 23.2 Å². The van der Waals surface area contributed by atoms with Gasteiger partial charge in [-0.1, -0.05) is 6.07 Å². The SMILES string of the molecule is O=C(CC12CC3CC(CC(C3)C1)C2)Nc1ncnc2c1CCN(Cc1ccc(C(F)(F)F)cc1F)C2. The maximum Gasteiger partial charge on any atom is 0.416 e. The molecule has 4 fully saturated rings. The van der Waals surface area contributed by atoms with Gasteiger partial charge >= 0.3 is 6.18 Å². The highest BCUT2D eigenvalue weighted by molar-refractivity contribution is 5.91. The molecule has 1 aliphatic heterocycles. The third kappa shape index (κ3) is 4.62. The van der Waals surface area contributed by atoms with Crippen molar-refractivity contribution in [2.75, 3.05) is 11.9 Å². The largest absolute Gasteiger partial charge is 0.416 e. The zero-order chi connectivity index (χ0) is 25.1. The minimum atomic E-state index is -4.57. The number of halogens is 4. The van der Waals surface area contributed by atoms with Gasteiger partial charge in [-0.15, -0.1) is 0 Å². The number of hydrogen-bond donors (Lipinski definition) is 1. The molecular formula is C27H30F4N4O. The molecule has 1 amide bonds. The minimum absolute atomic E-state index is 0.0205. The highest BCUT2D eigenvalue weighted by atomic mass is 19.4. The minimum Gasteiger partial charge on any atom is -0.310 e. The molecular weight excluding hydrogens is 472 g/mol. The lowest BCUT2D eigenvalue weighted by Crippen LogP contribution is -2.47. The summed E-state index contributed by atoms with van der Waals surface area (Å²) in [7, 11) is 0. The Balaban J connectivity index is 1.11. The zero-order valence-corrected chi connectivity index (χ0v) is 20.1. The van der Waals surface area contributed by atoms with Gasteiger partial charge in [0.25, 0.3) is 0 Å². The number of anilines is 1. The zero-order valence-electron chi connectivity index (χ0n) is 20.1. The van der Waals surface area contributed by atoms with Gasteiger partial charge in [-0.3, -0.25) is 9.69 Å². The molecule has 5 aliphatic rings. The number of amides is 1. The Bertz CT molecular complexity index is 1150. The summed E-state index contributed by atoms with van der Waals surface area (Å²) in [6, 6.07) is 2.66. The average molecular weight is 503 g/mol. The van der Waals surface area contributed by atoms with Crippen LogP contribution >= 0.6 is 0 Å². The number of benzene rings is 1. The van der Waals surface area contributed by atoms with Gasteiger partial charge in [0.1, 0.15) is 18.0 Å². The van der Waals surface area contributed by atoms with E-state index in [0.29, 0.717) is 37.8 Å². The van der Waals surface area contributed by atoms with E-state index in [9.17, 15) is 22.4 Å². The van der Waals surface area contributed by atoms with Gasteiger partial charge in [-0.2, -0.15) is 13.2 Å². The summed E-state index contributed by atoms with van der Waals surface area (Å²) in [4.78, 5) is 23.8. The van der Waals surface area contributed by atoms with E-state index in [1.165, 1.54) is 50.9 Å². The first kappa shape index (κ1) is 23.8. The standard InChI is InChI=1S/C27H30F4N4O/c28-22-8-20(27(29,30)31)2-1-19(22)13-35-4-3-21-23(14-35)32-15-33-25(21)34-24(36)12-26-9-16-5-17(10-26)7-18(6-16)11-26/h1-2,8,15-18H,3-7,9-14H2,(H,32,33,34,36). The highest BCUT2D eigenvalue weighted by Crippen LogP contribution is 2.61. The number of aromatic nitrogens is 2. The molecule has 1 aromatic heterocycles. The first-order valence-electron chi connectivity index (χ1n) is 12.9. The molecule has 9 heteroatoms. The monoisotopic (exact) mass is 502 g/mol. The molecule has 1 N–H and O–H groups in total. The third-order valence-electron chi connectivity index (χ3n) is 8.82. The molecule has 0 atom stereocenters. The Labute approximate surface area is 207 Å². The number of fused-ring (bicyclic) bond motifs is 1. The lowest BCUT2D eigenvalue weighted by Gasteiger charge is -2.56. The number of hydrogen-bond acceptors (Lipinski definition) is 4. The second-order valence-corrected chi connectivity index (χ2v) is 11.6. The number of carbonyl (C=O) groups is 1. The maximum atomic E-state index is 14.3. The molecule has 7 rings (SSSR count). The average Bonchev–Trinajstić information content (AvgIpc) is 2.78. The normalized spacial score (nSPS) is 29.3. The van der Waals surface area contributed by atoms with E-state index in [1.807, 2.05) is 4.90 Å². The number of rotatable bonds is 5. The van der Waals surface area contributed by atoms with Crippen molar-refractivity contribution in [3.63, 3.8) is 0 Å². The van der Waals surface area contributed by atoms with E-state index in [2.05, 4.69) is 15.3 Å². The predicted octanol–water partition coefficient (Wildman–Crippen LogP) is 5.74. The van der Waals surface area contributed by atoms with E-state index >= 15 is 0 Å². The van der Waals surface area contributed by atoms with Crippen LogP contribution in [0.25, 0.3) is 0 Å². The number of nitrogens with zero attached hydrogens (tertiary/aromatic N) is 3. The van der Waals surface area contributed by atoms with Crippen LogP contribution in [0.5, 0.6) is 0 Å². The molecule has 0 unspecified atom stereocenters. The summed E-state index contributed by atoms with van der Waals surface area (Å²) in [6.07, 6.45) is 5.52. The van der Waals surface area contributed by atoms with Crippen LogP contribution in [0.1, 0.15) is 67.3 Å². The van der Waals surface area contributed by atoms with Crippen molar-refractivity contribution >= 4 is 11.7 Å². The predicted molar refractivity (Wildman–Crippen MR) is 125 cm³/mol. The van der Waals surface area contributed by atoms with Crippen molar-refractivity contribution in [1.82, 2.24) is 14.9 Å². The highest BCUT2D eigenvalue weighted by Gasteiger charge is 2.51. The fraction of sp³-hybridized carbons (Fsp3) is 0.593. The lowest BCUT2D eigenvalue weighted by molar-refractivity contribution is -0.137. The fourth-order valence-electron chi connectivity index (χ4n) is 7.77. The summed E-state index contributed by atoms with van der Waals surface area (Å²) >= 11 is 0. The van der Waals surface area contributed by atoms with Crippen LogP contribution < -0.4 is 5.32 Å². The van der Waals surface area contributed by atoms with E-state index in [1.54, 1.807) is 0 Å². The van der Waals surface area contributed by atoms with Crippen molar-refractivity contribution in [3.8, 4) is 0 Å². The van der Waals surface area contributed by atoms with Gasteiger partial charge in [0.05, 0.1) is 11.3 Å². The Hall–Kier alpha value is -2.55. The number of alkyl halides is 3. The van der Waals surface area contributed by atoms with Crippen LogP contribution in [0, 0.1) is 29.0 Å². The molecule has 0 radical (unpaired) electrons. The quantitative estimate of drug-likeness (QED) is 0.530. The fourth-order valence-corrected chi connectivity index (χ4v) is 7.77. The Morgan fingerprint density at radius 3 is 2.42 bits per heavy atom. The van der Waals surface area contributed by atoms with Crippen LogP contribution in [0.2, 0.25) is 0 Å². The van der Waals surface area contributed by atoms with E-state index in [4.69, 9.17) is 0 Å². The van der Waals surface area contributed by atoms with Gasteiger partial charge in [0.15, 0.2) is 0 Å².